The van der Waals surface area contributed by atoms with Gasteiger partial charge in [-0.2, -0.15) is 4.31 Å². The predicted molar refractivity (Wildman–Crippen MR) is 126 cm³/mol. The minimum atomic E-state index is -3.69. The van der Waals surface area contributed by atoms with Gasteiger partial charge in [-0.1, -0.05) is 27.7 Å². The molecule has 8 nitrogen and oxygen atoms in total. The summed E-state index contributed by atoms with van der Waals surface area (Å²) in [5, 5.41) is 2.69. The fraction of sp³-hybridized carbons (Fsp3) is 0.375. The Morgan fingerprint density at radius 2 is 1.45 bits per heavy atom. The number of carbonyl (C=O) groups excluding carboxylic acids is 3. The molecular weight excluding hydrogens is 442 g/mol. The third-order valence-corrected chi connectivity index (χ3v) is 7.09. The van der Waals surface area contributed by atoms with Gasteiger partial charge in [0.1, 0.15) is 0 Å². The van der Waals surface area contributed by atoms with Crippen LogP contribution < -0.4 is 5.32 Å². The monoisotopic (exact) mass is 471 g/mol. The maximum absolute atomic E-state index is 13.1. The lowest BCUT2D eigenvalue weighted by atomic mass is 10.1. The Balaban J connectivity index is 1.78. The lowest BCUT2D eigenvalue weighted by Crippen LogP contribution is -2.37. The number of nitrogens with zero attached hydrogens (tertiary/aromatic N) is 2. The van der Waals surface area contributed by atoms with Crippen LogP contribution in [0.1, 0.15) is 58.8 Å². The highest BCUT2D eigenvalue weighted by Gasteiger charge is 2.33. The Kier molecular flexibility index (Phi) is 7.04. The topological polar surface area (TPSA) is 104 Å². The predicted octanol–water partition coefficient (Wildman–Crippen LogP) is 3.47. The van der Waals surface area contributed by atoms with E-state index in [0.717, 1.165) is 4.90 Å². The SMILES string of the molecule is CC(C)CN(CC(C)C)S(=O)(=O)c1ccc(C(=O)Nc2ccc3c(c2)C(=O)N(C)C3=O)cc1. The van der Waals surface area contributed by atoms with Gasteiger partial charge in [-0.15, -0.1) is 0 Å². The van der Waals surface area contributed by atoms with E-state index in [-0.39, 0.29) is 33.8 Å². The summed E-state index contributed by atoms with van der Waals surface area (Å²) in [6.07, 6.45) is 0. The minimum absolute atomic E-state index is 0.130. The summed E-state index contributed by atoms with van der Waals surface area (Å²) >= 11 is 0. The second kappa shape index (κ2) is 9.44. The van der Waals surface area contributed by atoms with Crippen LogP contribution in [0.3, 0.4) is 0 Å². The smallest absolute Gasteiger partial charge is 0.261 e. The van der Waals surface area contributed by atoms with Crippen LogP contribution in [0.25, 0.3) is 0 Å². The summed E-state index contributed by atoms with van der Waals surface area (Å²) in [5.74, 6) is -0.900. The molecule has 176 valence electrons. The number of hydrogen-bond acceptors (Lipinski definition) is 5. The molecule has 9 heteroatoms. The zero-order valence-corrected chi connectivity index (χ0v) is 20.3. The number of fused-ring (bicyclic) bond motifs is 1. The van der Waals surface area contributed by atoms with Gasteiger partial charge in [-0.3, -0.25) is 19.3 Å². The Hall–Kier alpha value is -3.04. The van der Waals surface area contributed by atoms with E-state index in [1.807, 2.05) is 27.7 Å². The molecule has 2 aromatic carbocycles. The molecule has 0 unspecified atom stereocenters. The molecule has 0 bridgehead atoms. The van der Waals surface area contributed by atoms with Crippen LogP contribution in [0.5, 0.6) is 0 Å². The average molecular weight is 472 g/mol. The number of imide groups is 1. The van der Waals surface area contributed by atoms with E-state index in [0.29, 0.717) is 24.3 Å². The van der Waals surface area contributed by atoms with Gasteiger partial charge in [0, 0.05) is 31.4 Å². The molecule has 0 aliphatic carbocycles. The van der Waals surface area contributed by atoms with Gasteiger partial charge in [0.25, 0.3) is 17.7 Å². The molecule has 0 radical (unpaired) electrons. The Morgan fingerprint density at radius 1 is 0.909 bits per heavy atom. The number of nitrogens with one attached hydrogen (secondary N) is 1. The number of hydrogen-bond donors (Lipinski definition) is 1. The first-order chi connectivity index (χ1) is 15.4. The van der Waals surface area contributed by atoms with E-state index >= 15 is 0 Å². The average Bonchev–Trinajstić information content (AvgIpc) is 2.96. The lowest BCUT2D eigenvalue weighted by Gasteiger charge is -2.25. The highest BCUT2D eigenvalue weighted by Crippen LogP contribution is 2.25. The van der Waals surface area contributed by atoms with Crippen molar-refractivity contribution < 1.29 is 22.8 Å². The maximum atomic E-state index is 13.1. The molecule has 0 atom stereocenters. The first-order valence-corrected chi connectivity index (χ1v) is 12.2. The quantitative estimate of drug-likeness (QED) is 0.594. The van der Waals surface area contributed by atoms with Crippen molar-refractivity contribution in [3.05, 3.63) is 59.2 Å². The molecule has 1 aliphatic rings. The van der Waals surface area contributed by atoms with Gasteiger partial charge in [0.2, 0.25) is 10.0 Å². The minimum Gasteiger partial charge on any atom is -0.322 e. The molecular formula is C24H29N3O5S. The zero-order chi connectivity index (χ0) is 24.5. The standard InChI is InChI=1S/C24H29N3O5S/c1-15(2)13-27(14-16(3)4)33(31,32)19-9-6-17(7-10-19)22(28)25-18-8-11-20-21(12-18)24(30)26(5)23(20)29/h6-12,15-16H,13-14H2,1-5H3,(H,25,28). The molecule has 1 N–H and O–H groups in total. The fourth-order valence-corrected chi connectivity index (χ4v) is 5.42. The maximum Gasteiger partial charge on any atom is 0.261 e. The van der Waals surface area contributed by atoms with Crippen LogP contribution in [0.4, 0.5) is 5.69 Å². The van der Waals surface area contributed by atoms with Crippen molar-refractivity contribution in [2.75, 3.05) is 25.5 Å². The van der Waals surface area contributed by atoms with Crippen LogP contribution >= 0.6 is 0 Å². The van der Waals surface area contributed by atoms with E-state index in [9.17, 15) is 22.8 Å². The molecule has 1 heterocycles. The summed E-state index contributed by atoms with van der Waals surface area (Å²) in [7, 11) is -2.28. The van der Waals surface area contributed by atoms with Crippen LogP contribution in [0, 0.1) is 11.8 Å². The van der Waals surface area contributed by atoms with Crippen molar-refractivity contribution in [2.24, 2.45) is 11.8 Å². The van der Waals surface area contributed by atoms with Gasteiger partial charge >= 0.3 is 0 Å². The molecule has 0 saturated heterocycles. The number of amides is 3. The summed E-state index contributed by atoms with van der Waals surface area (Å²) in [4.78, 5) is 38.0. The number of benzene rings is 2. The largest absolute Gasteiger partial charge is 0.322 e. The number of anilines is 1. The van der Waals surface area contributed by atoms with Gasteiger partial charge in [0.05, 0.1) is 16.0 Å². The summed E-state index contributed by atoms with van der Waals surface area (Å²) in [6, 6.07) is 10.3. The van der Waals surface area contributed by atoms with E-state index in [2.05, 4.69) is 5.32 Å². The Labute approximate surface area is 194 Å². The molecule has 0 saturated carbocycles. The Bertz CT molecular complexity index is 1180. The van der Waals surface area contributed by atoms with Crippen LogP contribution in [-0.2, 0) is 10.0 Å². The van der Waals surface area contributed by atoms with E-state index in [1.165, 1.54) is 47.8 Å². The normalized spacial score (nSPS) is 13.9. The number of rotatable bonds is 8. The molecule has 2 aromatic rings. The van der Waals surface area contributed by atoms with Crippen LogP contribution in [0.2, 0.25) is 0 Å². The molecule has 0 fully saturated rings. The summed E-state index contributed by atoms with van der Waals surface area (Å²) < 4.78 is 27.7. The fourth-order valence-electron chi connectivity index (χ4n) is 3.65. The van der Waals surface area contributed by atoms with E-state index in [4.69, 9.17) is 0 Å². The molecule has 0 aromatic heterocycles. The first-order valence-electron chi connectivity index (χ1n) is 10.8. The summed E-state index contributed by atoms with van der Waals surface area (Å²) in [5.41, 5.74) is 1.17. The van der Waals surface area contributed by atoms with Gasteiger partial charge in [0.15, 0.2) is 0 Å². The number of sulfonamides is 1. The second-order valence-electron chi connectivity index (χ2n) is 9.02. The third kappa shape index (κ3) is 5.15. The van der Waals surface area contributed by atoms with E-state index in [1.54, 1.807) is 6.07 Å². The van der Waals surface area contributed by atoms with Crippen molar-refractivity contribution in [3.8, 4) is 0 Å². The van der Waals surface area contributed by atoms with Crippen molar-refractivity contribution in [1.29, 1.82) is 0 Å². The molecule has 3 rings (SSSR count). The molecule has 1 aliphatic heterocycles. The highest BCUT2D eigenvalue weighted by molar-refractivity contribution is 7.89. The molecule has 33 heavy (non-hydrogen) atoms. The van der Waals surface area contributed by atoms with E-state index < -0.39 is 21.8 Å². The van der Waals surface area contributed by atoms with Crippen LogP contribution in [-0.4, -0.2) is 55.5 Å². The molecule has 0 spiro atoms. The first kappa shape index (κ1) is 24.6. The highest BCUT2D eigenvalue weighted by atomic mass is 32.2. The van der Waals surface area contributed by atoms with Crippen molar-refractivity contribution in [2.45, 2.75) is 32.6 Å². The summed E-state index contributed by atoms with van der Waals surface area (Å²) in [6.45, 7) is 8.70. The van der Waals surface area contributed by atoms with Crippen LogP contribution in [0.15, 0.2) is 47.4 Å². The second-order valence-corrected chi connectivity index (χ2v) is 11.0. The van der Waals surface area contributed by atoms with Crippen molar-refractivity contribution in [1.82, 2.24) is 9.21 Å². The van der Waals surface area contributed by atoms with Gasteiger partial charge in [-0.25, -0.2) is 8.42 Å². The Morgan fingerprint density at radius 3 is 2.00 bits per heavy atom. The van der Waals surface area contributed by atoms with Crippen molar-refractivity contribution >= 4 is 33.4 Å². The van der Waals surface area contributed by atoms with Gasteiger partial charge < -0.3 is 5.32 Å². The number of carbonyl (C=O) groups is 3. The molecule has 3 amide bonds. The van der Waals surface area contributed by atoms with Crippen molar-refractivity contribution in [3.63, 3.8) is 0 Å². The third-order valence-electron chi connectivity index (χ3n) is 5.24. The van der Waals surface area contributed by atoms with Gasteiger partial charge in [-0.05, 0) is 54.3 Å². The zero-order valence-electron chi connectivity index (χ0n) is 19.5. The lowest BCUT2D eigenvalue weighted by molar-refractivity contribution is 0.0692.